The van der Waals surface area contributed by atoms with Crippen molar-refractivity contribution in [1.82, 2.24) is 10.2 Å². The van der Waals surface area contributed by atoms with Crippen LogP contribution >= 0.6 is 0 Å². The predicted molar refractivity (Wildman–Crippen MR) is 60.4 cm³/mol. The Hall–Kier alpha value is -1.06. The van der Waals surface area contributed by atoms with Gasteiger partial charge in [-0.15, -0.1) is 0 Å². The van der Waals surface area contributed by atoms with Crippen LogP contribution in [0.2, 0.25) is 0 Å². The zero-order valence-electron chi connectivity index (χ0n) is 10.2. The minimum absolute atomic E-state index is 0.0155. The Kier molecular flexibility index (Phi) is 5.97. The number of hydrogen-bond donors (Lipinski definition) is 1. The molecule has 0 saturated heterocycles. The molecule has 0 atom stereocenters. The molecule has 2 amide bonds. The molecule has 88 valence electrons. The van der Waals surface area contributed by atoms with Gasteiger partial charge < -0.3 is 10.2 Å². The second-order valence-corrected chi connectivity index (χ2v) is 4.18. The Balaban J connectivity index is 4.52. The van der Waals surface area contributed by atoms with Crippen molar-refractivity contribution < 1.29 is 9.59 Å². The molecule has 0 spiro atoms. The molecule has 0 aromatic rings. The summed E-state index contributed by atoms with van der Waals surface area (Å²) in [6, 6.07) is 0. The fourth-order valence-corrected chi connectivity index (χ4v) is 1.46. The lowest BCUT2D eigenvalue weighted by atomic mass is 10.0. The van der Waals surface area contributed by atoms with E-state index in [1.807, 2.05) is 13.8 Å². The highest BCUT2D eigenvalue weighted by Crippen LogP contribution is 2.08. The molecule has 0 aliphatic carbocycles. The molecule has 0 aromatic carbocycles. The first kappa shape index (κ1) is 13.9. The van der Waals surface area contributed by atoms with Gasteiger partial charge in [-0.1, -0.05) is 13.8 Å². The Labute approximate surface area is 92.0 Å². The van der Waals surface area contributed by atoms with Crippen LogP contribution in [-0.2, 0) is 9.59 Å². The van der Waals surface area contributed by atoms with E-state index < -0.39 is 5.54 Å². The lowest BCUT2D eigenvalue weighted by Gasteiger charge is -2.31. The molecule has 0 heterocycles. The van der Waals surface area contributed by atoms with Gasteiger partial charge in [0.1, 0.15) is 5.54 Å². The van der Waals surface area contributed by atoms with Crippen LogP contribution in [0.4, 0.5) is 0 Å². The standard InChI is InChI=1S/C11H22N2O2/c1-5-7-13(8-6-2)10(15)11(3,4)12-9-14/h9H,5-8H2,1-4H3,(H,12,14). The first-order chi connectivity index (χ1) is 6.99. The van der Waals surface area contributed by atoms with Gasteiger partial charge in [-0.3, -0.25) is 9.59 Å². The van der Waals surface area contributed by atoms with Crippen LogP contribution in [0.5, 0.6) is 0 Å². The highest BCUT2D eigenvalue weighted by atomic mass is 16.2. The quantitative estimate of drug-likeness (QED) is 0.646. The Morgan fingerprint density at radius 3 is 2.07 bits per heavy atom. The maximum Gasteiger partial charge on any atom is 0.247 e. The molecular weight excluding hydrogens is 192 g/mol. The van der Waals surface area contributed by atoms with E-state index >= 15 is 0 Å². The molecular formula is C11H22N2O2. The smallest absolute Gasteiger partial charge is 0.247 e. The third kappa shape index (κ3) is 4.32. The summed E-state index contributed by atoms with van der Waals surface area (Å²) in [5, 5.41) is 2.55. The van der Waals surface area contributed by atoms with Gasteiger partial charge in [0, 0.05) is 13.1 Å². The van der Waals surface area contributed by atoms with Crippen LogP contribution in [0, 0.1) is 0 Å². The summed E-state index contributed by atoms with van der Waals surface area (Å²) in [5.74, 6) is -0.0155. The number of nitrogens with zero attached hydrogens (tertiary/aromatic N) is 1. The van der Waals surface area contributed by atoms with Gasteiger partial charge in [0.15, 0.2) is 0 Å². The van der Waals surface area contributed by atoms with Gasteiger partial charge in [-0.25, -0.2) is 0 Å². The van der Waals surface area contributed by atoms with Crippen molar-refractivity contribution in [3.05, 3.63) is 0 Å². The first-order valence-corrected chi connectivity index (χ1v) is 5.50. The fraction of sp³-hybridized carbons (Fsp3) is 0.818. The third-order valence-electron chi connectivity index (χ3n) is 2.23. The average molecular weight is 214 g/mol. The van der Waals surface area contributed by atoms with Crippen LogP contribution in [0.25, 0.3) is 0 Å². The van der Waals surface area contributed by atoms with Crippen molar-refractivity contribution in [2.45, 2.75) is 46.1 Å². The summed E-state index contributed by atoms with van der Waals surface area (Å²) in [6.07, 6.45) is 2.44. The van der Waals surface area contributed by atoms with Gasteiger partial charge in [0.25, 0.3) is 0 Å². The first-order valence-electron chi connectivity index (χ1n) is 5.50. The summed E-state index contributed by atoms with van der Waals surface area (Å²) in [6.45, 7) is 9.02. The maximum absolute atomic E-state index is 12.0. The molecule has 0 aliphatic heterocycles. The molecule has 0 saturated carbocycles. The molecule has 4 nitrogen and oxygen atoms in total. The van der Waals surface area contributed by atoms with Crippen molar-refractivity contribution in [2.24, 2.45) is 0 Å². The van der Waals surface area contributed by atoms with Gasteiger partial charge in [0.2, 0.25) is 12.3 Å². The summed E-state index contributed by atoms with van der Waals surface area (Å²) in [7, 11) is 0. The highest BCUT2D eigenvalue weighted by Gasteiger charge is 2.30. The second-order valence-electron chi connectivity index (χ2n) is 4.18. The normalized spacial score (nSPS) is 10.9. The van der Waals surface area contributed by atoms with Crippen molar-refractivity contribution in [3.8, 4) is 0 Å². The minimum atomic E-state index is -0.800. The van der Waals surface area contributed by atoms with E-state index in [0.29, 0.717) is 6.41 Å². The zero-order valence-corrected chi connectivity index (χ0v) is 10.2. The number of carbonyl (C=O) groups is 2. The number of amides is 2. The summed E-state index contributed by atoms with van der Waals surface area (Å²) in [4.78, 5) is 24.2. The predicted octanol–water partition coefficient (Wildman–Crippen LogP) is 1.16. The van der Waals surface area contributed by atoms with E-state index in [1.165, 1.54) is 0 Å². The lowest BCUT2D eigenvalue weighted by Crippen LogP contribution is -2.54. The zero-order chi connectivity index (χ0) is 11.9. The van der Waals surface area contributed by atoms with Crippen molar-refractivity contribution in [1.29, 1.82) is 0 Å². The van der Waals surface area contributed by atoms with Crippen molar-refractivity contribution in [2.75, 3.05) is 13.1 Å². The Morgan fingerprint density at radius 1 is 1.27 bits per heavy atom. The van der Waals surface area contributed by atoms with Gasteiger partial charge in [-0.2, -0.15) is 0 Å². The molecule has 0 aromatic heterocycles. The molecule has 0 bridgehead atoms. The van der Waals surface area contributed by atoms with E-state index in [9.17, 15) is 9.59 Å². The number of hydrogen-bond acceptors (Lipinski definition) is 2. The molecule has 0 fully saturated rings. The van der Waals surface area contributed by atoms with Crippen LogP contribution in [0.1, 0.15) is 40.5 Å². The second kappa shape index (κ2) is 6.43. The molecule has 0 radical (unpaired) electrons. The summed E-state index contributed by atoms with van der Waals surface area (Å²) in [5.41, 5.74) is -0.800. The maximum atomic E-state index is 12.0. The fourth-order valence-electron chi connectivity index (χ4n) is 1.46. The van der Waals surface area contributed by atoms with Gasteiger partial charge in [0.05, 0.1) is 0 Å². The van der Waals surface area contributed by atoms with Crippen LogP contribution in [0.3, 0.4) is 0 Å². The van der Waals surface area contributed by atoms with Gasteiger partial charge >= 0.3 is 0 Å². The average Bonchev–Trinajstić information content (AvgIpc) is 2.16. The molecule has 4 heteroatoms. The van der Waals surface area contributed by atoms with Crippen LogP contribution in [-0.4, -0.2) is 35.8 Å². The molecule has 0 aliphatic rings. The SMILES string of the molecule is CCCN(CCC)C(=O)C(C)(C)NC=O. The van der Waals surface area contributed by atoms with E-state index in [0.717, 1.165) is 25.9 Å². The number of carbonyl (C=O) groups excluding carboxylic acids is 2. The van der Waals surface area contributed by atoms with E-state index in [4.69, 9.17) is 0 Å². The number of rotatable bonds is 7. The summed E-state index contributed by atoms with van der Waals surface area (Å²) < 4.78 is 0. The molecule has 1 N–H and O–H groups in total. The van der Waals surface area contributed by atoms with Crippen molar-refractivity contribution >= 4 is 12.3 Å². The largest absolute Gasteiger partial charge is 0.345 e. The lowest BCUT2D eigenvalue weighted by molar-refractivity contribution is -0.138. The van der Waals surface area contributed by atoms with Crippen molar-refractivity contribution in [3.63, 3.8) is 0 Å². The third-order valence-corrected chi connectivity index (χ3v) is 2.23. The Morgan fingerprint density at radius 2 is 1.73 bits per heavy atom. The molecule has 0 unspecified atom stereocenters. The van der Waals surface area contributed by atoms with Crippen LogP contribution in [0.15, 0.2) is 0 Å². The molecule has 0 rings (SSSR count). The van der Waals surface area contributed by atoms with E-state index in [1.54, 1.807) is 18.7 Å². The Bertz CT molecular complexity index is 209. The minimum Gasteiger partial charge on any atom is -0.345 e. The molecule has 15 heavy (non-hydrogen) atoms. The van der Waals surface area contributed by atoms with Gasteiger partial charge in [-0.05, 0) is 26.7 Å². The monoisotopic (exact) mass is 214 g/mol. The van der Waals surface area contributed by atoms with E-state index in [2.05, 4.69) is 5.32 Å². The number of nitrogens with one attached hydrogen (secondary N) is 1. The van der Waals surface area contributed by atoms with E-state index in [-0.39, 0.29) is 5.91 Å². The highest BCUT2D eigenvalue weighted by molar-refractivity contribution is 5.87. The summed E-state index contributed by atoms with van der Waals surface area (Å²) >= 11 is 0. The van der Waals surface area contributed by atoms with Crippen LogP contribution < -0.4 is 5.32 Å². The topological polar surface area (TPSA) is 49.4 Å².